The van der Waals surface area contributed by atoms with Crippen LogP contribution >= 0.6 is 11.8 Å². The van der Waals surface area contributed by atoms with E-state index in [1.807, 2.05) is 42.1 Å². The molecule has 0 aliphatic heterocycles. The zero-order valence-electron chi connectivity index (χ0n) is 11.7. The standard InChI is InChI=1S/C17H16O3S/c1-13(18)17(19)20-16-9-7-15(8-10-16)12-21-11-14-5-3-2-4-6-14/h2-10H,11-12H2,1H3. The molecule has 2 aromatic rings. The third kappa shape index (κ3) is 5.08. The highest BCUT2D eigenvalue weighted by molar-refractivity contribution is 7.97. The molecule has 0 radical (unpaired) electrons. The molecule has 2 aromatic carbocycles. The predicted molar refractivity (Wildman–Crippen MR) is 84.2 cm³/mol. The molecule has 108 valence electrons. The Morgan fingerprint density at radius 1 is 0.905 bits per heavy atom. The zero-order valence-corrected chi connectivity index (χ0v) is 12.6. The summed E-state index contributed by atoms with van der Waals surface area (Å²) in [5.41, 5.74) is 2.45. The molecular weight excluding hydrogens is 284 g/mol. The van der Waals surface area contributed by atoms with Crippen LogP contribution < -0.4 is 4.74 Å². The van der Waals surface area contributed by atoms with Crippen molar-refractivity contribution in [3.63, 3.8) is 0 Å². The van der Waals surface area contributed by atoms with Gasteiger partial charge in [-0.15, -0.1) is 0 Å². The Kier molecular flexibility index (Phi) is 5.58. The lowest BCUT2D eigenvalue weighted by atomic mass is 10.2. The fraction of sp³-hybridized carbons (Fsp3) is 0.176. The van der Waals surface area contributed by atoms with Gasteiger partial charge in [0.15, 0.2) is 0 Å². The molecule has 0 unspecified atom stereocenters. The minimum Gasteiger partial charge on any atom is -0.421 e. The number of hydrogen-bond donors (Lipinski definition) is 0. The molecule has 0 atom stereocenters. The van der Waals surface area contributed by atoms with Crippen molar-refractivity contribution >= 4 is 23.5 Å². The third-order valence-corrected chi connectivity index (χ3v) is 3.88. The van der Waals surface area contributed by atoms with E-state index < -0.39 is 11.8 Å². The maximum Gasteiger partial charge on any atom is 0.379 e. The van der Waals surface area contributed by atoms with Gasteiger partial charge in [-0.05, 0) is 23.3 Å². The van der Waals surface area contributed by atoms with Crippen molar-refractivity contribution in [2.75, 3.05) is 0 Å². The molecule has 0 amide bonds. The molecule has 0 bridgehead atoms. The van der Waals surface area contributed by atoms with Crippen LogP contribution in [0.5, 0.6) is 5.75 Å². The maximum atomic E-state index is 11.2. The summed E-state index contributed by atoms with van der Waals surface area (Å²) in [6.07, 6.45) is 0. The van der Waals surface area contributed by atoms with Crippen LogP contribution in [-0.4, -0.2) is 11.8 Å². The summed E-state index contributed by atoms with van der Waals surface area (Å²) in [5.74, 6) is 0.809. The Balaban J connectivity index is 1.82. The summed E-state index contributed by atoms with van der Waals surface area (Å²) in [7, 11) is 0. The lowest BCUT2D eigenvalue weighted by Crippen LogP contribution is -2.16. The number of carbonyl (C=O) groups is 2. The number of thioether (sulfide) groups is 1. The summed E-state index contributed by atoms with van der Waals surface area (Å²) in [4.78, 5) is 22.0. The maximum absolute atomic E-state index is 11.2. The van der Waals surface area contributed by atoms with E-state index in [4.69, 9.17) is 4.74 Å². The fourth-order valence-corrected chi connectivity index (χ4v) is 2.65. The van der Waals surface area contributed by atoms with E-state index in [1.54, 1.807) is 12.1 Å². The molecule has 0 saturated heterocycles. The lowest BCUT2D eigenvalue weighted by molar-refractivity contribution is -0.146. The van der Waals surface area contributed by atoms with E-state index >= 15 is 0 Å². The predicted octanol–water partition coefficient (Wildman–Crippen LogP) is 3.61. The second-order valence-electron chi connectivity index (χ2n) is 4.57. The highest BCUT2D eigenvalue weighted by Gasteiger charge is 2.09. The average Bonchev–Trinajstić information content (AvgIpc) is 2.50. The third-order valence-electron chi connectivity index (χ3n) is 2.80. The summed E-state index contributed by atoms with van der Waals surface area (Å²) in [6.45, 7) is 1.19. The van der Waals surface area contributed by atoms with Gasteiger partial charge in [-0.1, -0.05) is 42.5 Å². The van der Waals surface area contributed by atoms with Crippen LogP contribution in [0.25, 0.3) is 0 Å². The molecule has 0 fully saturated rings. The largest absolute Gasteiger partial charge is 0.421 e. The Morgan fingerprint density at radius 2 is 1.48 bits per heavy atom. The van der Waals surface area contributed by atoms with Gasteiger partial charge in [0.05, 0.1) is 0 Å². The highest BCUT2D eigenvalue weighted by atomic mass is 32.2. The Labute approximate surface area is 128 Å². The Bertz CT molecular complexity index is 606. The second-order valence-corrected chi connectivity index (χ2v) is 5.55. The number of ketones is 1. The normalized spacial score (nSPS) is 10.1. The summed E-state index contributed by atoms with van der Waals surface area (Å²) < 4.78 is 4.91. The van der Waals surface area contributed by atoms with Gasteiger partial charge in [-0.25, -0.2) is 4.79 Å². The molecule has 0 heterocycles. The van der Waals surface area contributed by atoms with Gasteiger partial charge < -0.3 is 4.74 Å². The molecule has 4 heteroatoms. The molecular formula is C17H16O3S. The van der Waals surface area contributed by atoms with Gasteiger partial charge >= 0.3 is 5.97 Å². The highest BCUT2D eigenvalue weighted by Crippen LogP contribution is 2.20. The molecule has 2 rings (SSSR count). The van der Waals surface area contributed by atoms with Crippen molar-refractivity contribution in [3.8, 4) is 5.75 Å². The van der Waals surface area contributed by atoms with Crippen LogP contribution in [0, 0.1) is 0 Å². The van der Waals surface area contributed by atoms with E-state index in [0.29, 0.717) is 5.75 Å². The van der Waals surface area contributed by atoms with Crippen LogP contribution in [0.2, 0.25) is 0 Å². The van der Waals surface area contributed by atoms with Crippen LogP contribution in [0.4, 0.5) is 0 Å². The van der Waals surface area contributed by atoms with Crippen molar-refractivity contribution in [1.82, 2.24) is 0 Å². The van der Waals surface area contributed by atoms with Crippen molar-refractivity contribution in [2.24, 2.45) is 0 Å². The summed E-state index contributed by atoms with van der Waals surface area (Å²) in [6, 6.07) is 17.5. The number of hydrogen-bond acceptors (Lipinski definition) is 4. The topological polar surface area (TPSA) is 43.4 Å². The smallest absolute Gasteiger partial charge is 0.379 e. The molecule has 3 nitrogen and oxygen atoms in total. The minimum atomic E-state index is -0.832. The molecule has 21 heavy (non-hydrogen) atoms. The van der Waals surface area contributed by atoms with Gasteiger partial charge in [0.25, 0.3) is 0 Å². The number of benzene rings is 2. The first-order chi connectivity index (χ1) is 10.1. The van der Waals surface area contributed by atoms with Crippen molar-refractivity contribution < 1.29 is 14.3 Å². The molecule has 0 aromatic heterocycles. The van der Waals surface area contributed by atoms with Crippen LogP contribution in [0.1, 0.15) is 18.1 Å². The van der Waals surface area contributed by atoms with E-state index in [2.05, 4.69) is 12.1 Å². The Hall–Kier alpha value is -2.07. The van der Waals surface area contributed by atoms with Crippen LogP contribution in [0.3, 0.4) is 0 Å². The summed E-state index contributed by atoms with van der Waals surface area (Å²) in [5, 5.41) is 0. The Morgan fingerprint density at radius 3 is 2.05 bits per heavy atom. The van der Waals surface area contributed by atoms with E-state index in [9.17, 15) is 9.59 Å². The minimum absolute atomic E-state index is 0.395. The van der Waals surface area contributed by atoms with Gasteiger partial charge in [-0.2, -0.15) is 11.8 Å². The van der Waals surface area contributed by atoms with Crippen molar-refractivity contribution in [3.05, 3.63) is 65.7 Å². The second kappa shape index (κ2) is 7.64. The SMILES string of the molecule is CC(=O)C(=O)Oc1ccc(CSCc2ccccc2)cc1. The monoisotopic (exact) mass is 300 g/mol. The van der Waals surface area contributed by atoms with Gasteiger partial charge in [-0.3, -0.25) is 4.79 Å². The van der Waals surface area contributed by atoms with Crippen LogP contribution in [-0.2, 0) is 21.1 Å². The number of rotatable bonds is 6. The first-order valence-electron chi connectivity index (χ1n) is 6.58. The summed E-state index contributed by atoms with van der Waals surface area (Å²) >= 11 is 1.82. The van der Waals surface area contributed by atoms with Crippen LogP contribution in [0.15, 0.2) is 54.6 Å². The molecule has 0 aliphatic rings. The molecule has 0 aliphatic carbocycles. The van der Waals surface area contributed by atoms with E-state index in [1.165, 1.54) is 12.5 Å². The lowest BCUT2D eigenvalue weighted by Gasteiger charge is -2.05. The van der Waals surface area contributed by atoms with Gasteiger partial charge in [0.1, 0.15) is 5.75 Å². The van der Waals surface area contributed by atoms with Gasteiger partial charge in [0, 0.05) is 18.4 Å². The average molecular weight is 300 g/mol. The fourth-order valence-electron chi connectivity index (χ4n) is 1.69. The number of Topliss-reactive ketones (excluding diaryl/α,β-unsaturated/α-hetero) is 1. The first-order valence-corrected chi connectivity index (χ1v) is 7.74. The molecule has 0 spiro atoms. The van der Waals surface area contributed by atoms with E-state index in [0.717, 1.165) is 17.1 Å². The van der Waals surface area contributed by atoms with E-state index in [-0.39, 0.29) is 0 Å². The quantitative estimate of drug-likeness (QED) is 0.464. The van der Waals surface area contributed by atoms with Gasteiger partial charge in [0.2, 0.25) is 5.78 Å². The first kappa shape index (κ1) is 15.3. The number of esters is 1. The molecule has 0 saturated carbocycles. The number of ether oxygens (including phenoxy) is 1. The van der Waals surface area contributed by atoms with Crippen molar-refractivity contribution in [2.45, 2.75) is 18.4 Å². The molecule has 0 N–H and O–H groups in total. The zero-order chi connectivity index (χ0) is 15.1. The number of carbonyl (C=O) groups excluding carboxylic acids is 2. The van der Waals surface area contributed by atoms with Crippen molar-refractivity contribution in [1.29, 1.82) is 0 Å².